The number of hydrogen-bond donors (Lipinski definition) is 4. The van der Waals surface area contributed by atoms with Crippen LogP contribution >= 0.6 is 0 Å². The zero-order valence-corrected chi connectivity index (χ0v) is 10.8. The van der Waals surface area contributed by atoms with Crippen molar-refractivity contribution < 1.29 is 34.8 Å². The molecule has 116 valence electrons. The van der Waals surface area contributed by atoms with Crippen LogP contribution in [0.5, 0.6) is 5.75 Å². The van der Waals surface area contributed by atoms with Crippen LogP contribution in [0.25, 0.3) is 0 Å². The predicted molar refractivity (Wildman–Crippen MR) is 67.5 cm³/mol. The summed E-state index contributed by atoms with van der Waals surface area (Å²) in [6.07, 6.45) is -7.11. The number of hydrogen-bond acceptors (Lipinski definition) is 8. The zero-order chi connectivity index (χ0) is 15.6. The molecule has 0 aliphatic carbocycles. The third-order valence-electron chi connectivity index (χ3n) is 3.13. The Labute approximate surface area is 119 Å². The lowest BCUT2D eigenvalue weighted by atomic mass is 9.99. The molecule has 1 saturated heterocycles. The number of benzene rings is 1. The minimum Gasteiger partial charge on any atom is -0.462 e. The van der Waals surface area contributed by atoms with Crippen molar-refractivity contribution in [3.05, 3.63) is 34.4 Å². The number of ether oxygens (including phenoxy) is 2. The minimum absolute atomic E-state index is 0.0496. The maximum absolute atomic E-state index is 10.7. The third-order valence-corrected chi connectivity index (χ3v) is 3.13. The summed E-state index contributed by atoms with van der Waals surface area (Å²) in [7, 11) is 0. The molecule has 9 heteroatoms. The van der Waals surface area contributed by atoms with Crippen molar-refractivity contribution in [2.45, 2.75) is 30.7 Å². The Morgan fingerprint density at radius 3 is 2.57 bits per heavy atom. The molecule has 1 aliphatic rings. The van der Waals surface area contributed by atoms with Crippen molar-refractivity contribution in [1.82, 2.24) is 0 Å². The van der Waals surface area contributed by atoms with E-state index in [4.69, 9.17) is 14.6 Å². The van der Waals surface area contributed by atoms with Gasteiger partial charge in [0, 0.05) is 6.07 Å². The summed E-state index contributed by atoms with van der Waals surface area (Å²) in [5.74, 6) is 0.0496. The number of aliphatic hydroxyl groups excluding tert-OH is 4. The number of nitrogens with zero attached hydrogens (tertiary/aromatic N) is 1. The highest BCUT2D eigenvalue weighted by Crippen LogP contribution is 2.26. The van der Waals surface area contributed by atoms with Crippen LogP contribution in [0, 0.1) is 10.1 Å². The minimum atomic E-state index is -1.57. The average Bonchev–Trinajstić information content (AvgIpc) is 2.48. The van der Waals surface area contributed by atoms with Gasteiger partial charge in [0.15, 0.2) is 0 Å². The number of aliphatic hydroxyl groups is 4. The Hall–Kier alpha value is -1.78. The van der Waals surface area contributed by atoms with Crippen LogP contribution in [0.3, 0.4) is 0 Å². The largest absolute Gasteiger partial charge is 0.462 e. The summed E-state index contributed by atoms with van der Waals surface area (Å²) in [6, 6.07) is 5.19. The normalized spacial score (nSPS) is 32.7. The highest BCUT2D eigenvalue weighted by molar-refractivity contribution is 5.38. The van der Waals surface area contributed by atoms with E-state index in [0.29, 0.717) is 0 Å². The summed E-state index contributed by atoms with van der Waals surface area (Å²) in [5.41, 5.74) is -0.211. The molecule has 1 aromatic rings. The van der Waals surface area contributed by atoms with Gasteiger partial charge in [0.25, 0.3) is 5.69 Å². The van der Waals surface area contributed by atoms with Crippen molar-refractivity contribution in [3.8, 4) is 5.75 Å². The number of nitro benzene ring substituents is 1. The first-order valence-electron chi connectivity index (χ1n) is 6.15. The SMILES string of the molecule is O=[N+]([O-])c1cccc(O[C@@H]2O[C@H](CO)[C@@H](O)[C@@H](O)[C@H]2O)c1. The van der Waals surface area contributed by atoms with Crippen molar-refractivity contribution in [1.29, 1.82) is 0 Å². The molecule has 1 aliphatic heterocycles. The van der Waals surface area contributed by atoms with Crippen molar-refractivity contribution in [2.24, 2.45) is 0 Å². The fourth-order valence-corrected chi connectivity index (χ4v) is 1.97. The van der Waals surface area contributed by atoms with Gasteiger partial charge in [-0.05, 0) is 6.07 Å². The second kappa shape index (κ2) is 6.33. The van der Waals surface area contributed by atoms with Crippen LogP contribution in [0.1, 0.15) is 0 Å². The smallest absolute Gasteiger partial charge is 0.273 e. The fraction of sp³-hybridized carbons (Fsp3) is 0.500. The van der Waals surface area contributed by atoms with Gasteiger partial charge in [-0.3, -0.25) is 10.1 Å². The second-order valence-corrected chi connectivity index (χ2v) is 4.57. The first-order chi connectivity index (χ1) is 9.93. The predicted octanol–water partition coefficient (Wildman–Crippen LogP) is -1.23. The number of nitro groups is 1. The molecule has 1 fully saturated rings. The van der Waals surface area contributed by atoms with E-state index >= 15 is 0 Å². The molecule has 0 unspecified atom stereocenters. The Kier molecular flexibility index (Phi) is 4.70. The molecule has 9 nitrogen and oxygen atoms in total. The van der Waals surface area contributed by atoms with Gasteiger partial charge in [-0.1, -0.05) is 6.07 Å². The van der Waals surface area contributed by atoms with E-state index in [0.717, 1.165) is 6.07 Å². The van der Waals surface area contributed by atoms with Crippen molar-refractivity contribution >= 4 is 5.69 Å². The molecule has 2 rings (SSSR count). The molecule has 0 bridgehead atoms. The van der Waals surface area contributed by atoms with E-state index in [9.17, 15) is 25.4 Å². The van der Waals surface area contributed by atoms with Gasteiger partial charge < -0.3 is 29.9 Å². The molecule has 0 spiro atoms. The Morgan fingerprint density at radius 1 is 1.24 bits per heavy atom. The van der Waals surface area contributed by atoms with Crippen LogP contribution in [0.2, 0.25) is 0 Å². The summed E-state index contributed by atoms with van der Waals surface area (Å²) < 4.78 is 10.4. The van der Waals surface area contributed by atoms with E-state index in [1.165, 1.54) is 18.2 Å². The molecule has 0 aromatic heterocycles. The molecule has 1 heterocycles. The number of non-ortho nitro benzene ring substituents is 1. The van der Waals surface area contributed by atoms with Crippen LogP contribution in [0.4, 0.5) is 5.69 Å². The fourth-order valence-electron chi connectivity index (χ4n) is 1.97. The summed E-state index contributed by atoms with van der Waals surface area (Å²) in [4.78, 5) is 10.1. The van der Waals surface area contributed by atoms with Gasteiger partial charge in [-0.25, -0.2) is 0 Å². The van der Waals surface area contributed by atoms with Gasteiger partial charge >= 0.3 is 0 Å². The molecule has 21 heavy (non-hydrogen) atoms. The van der Waals surface area contributed by atoms with Crippen LogP contribution in [-0.4, -0.2) is 62.7 Å². The van der Waals surface area contributed by atoms with E-state index < -0.39 is 42.2 Å². The van der Waals surface area contributed by atoms with Gasteiger partial charge in [0.05, 0.1) is 17.6 Å². The van der Waals surface area contributed by atoms with Gasteiger partial charge in [0.2, 0.25) is 6.29 Å². The van der Waals surface area contributed by atoms with Crippen LogP contribution in [0.15, 0.2) is 24.3 Å². The lowest BCUT2D eigenvalue weighted by Crippen LogP contribution is -2.60. The molecule has 0 amide bonds. The number of rotatable bonds is 4. The molecule has 0 radical (unpaired) electrons. The van der Waals surface area contributed by atoms with E-state index in [-0.39, 0.29) is 11.4 Å². The van der Waals surface area contributed by atoms with E-state index in [1.54, 1.807) is 0 Å². The summed E-state index contributed by atoms with van der Waals surface area (Å²) in [6.45, 7) is -0.584. The van der Waals surface area contributed by atoms with Gasteiger partial charge in [0.1, 0.15) is 30.2 Å². The molecular formula is C12H15NO8. The first kappa shape index (κ1) is 15.6. The maximum Gasteiger partial charge on any atom is 0.273 e. The highest BCUT2D eigenvalue weighted by Gasteiger charge is 2.44. The zero-order valence-electron chi connectivity index (χ0n) is 10.8. The maximum atomic E-state index is 10.7. The van der Waals surface area contributed by atoms with Crippen molar-refractivity contribution in [3.63, 3.8) is 0 Å². The summed E-state index contributed by atoms with van der Waals surface area (Å²) >= 11 is 0. The highest BCUT2D eigenvalue weighted by atomic mass is 16.7. The molecular weight excluding hydrogens is 286 g/mol. The Balaban J connectivity index is 2.14. The monoisotopic (exact) mass is 301 g/mol. The van der Waals surface area contributed by atoms with Gasteiger partial charge in [-0.15, -0.1) is 0 Å². The van der Waals surface area contributed by atoms with E-state index in [1.807, 2.05) is 0 Å². The summed E-state index contributed by atoms with van der Waals surface area (Å²) in [5, 5.41) is 48.7. The third kappa shape index (κ3) is 3.28. The van der Waals surface area contributed by atoms with E-state index in [2.05, 4.69) is 0 Å². The molecule has 4 N–H and O–H groups in total. The first-order valence-corrected chi connectivity index (χ1v) is 6.15. The Morgan fingerprint density at radius 2 is 1.95 bits per heavy atom. The molecule has 0 saturated carbocycles. The Bertz CT molecular complexity index is 508. The van der Waals surface area contributed by atoms with Gasteiger partial charge in [-0.2, -0.15) is 0 Å². The molecule has 1 aromatic carbocycles. The quantitative estimate of drug-likeness (QED) is 0.400. The topological polar surface area (TPSA) is 143 Å². The standard InChI is InChI=1S/C12H15NO8/c14-5-8-9(15)10(16)11(17)12(21-8)20-7-3-1-2-6(4-7)13(18)19/h1-4,8-12,14-17H,5H2/t8-,9-,10-,11-,12-/m1/s1. The van der Waals surface area contributed by atoms with Crippen molar-refractivity contribution in [2.75, 3.05) is 6.61 Å². The lowest BCUT2D eigenvalue weighted by molar-refractivity contribution is -0.385. The second-order valence-electron chi connectivity index (χ2n) is 4.57. The van der Waals surface area contributed by atoms with Crippen LogP contribution < -0.4 is 4.74 Å². The lowest BCUT2D eigenvalue weighted by Gasteiger charge is -2.39. The van der Waals surface area contributed by atoms with Crippen LogP contribution in [-0.2, 0) is 4.74 Å². The molecule has 5 atom stereocenters. The average molecular weight is 301 g/mol.